The number of nitrogens with zero attached hydrogens (tertiary/aromatic N) is 1. The van der Waals surface area contributed by atoms with Crippen LogP contribution in [0.1, 0.15) is 19.4 Å². The third-order valence-electron chi connectivity index (χ3n) is 4.06. The van der Waals surface area contributed by atoms with Crippen molar-refractivity contribution >= 4 is 15.7 Å². The van der Waals surface area contributed by atoms with Crippen LogP contribution >= 0.6 is 0 Å². The van der Waals surface area contributed by atoms with Crippen molar-refractivity contribution in [1.29, 1.82) is 0 Å². The summed E-state index contributed by atoms with van der Waals surface area (Å²) >= 11 is 0. The number of hydrogen-bond donors (Lipinski definition) is 2. The van der Waals surface area contributed by atoms with Crippen LogP contribution in [0.5, 0.6) is 5.75 Å². The third kappa shape index (κ3) is 4.45. The highest BCUT2D eigenvalue weighted by Crippen LogP contribution is 2.30. The molecule has 1 aromatic heterocycles. The highest BCUT2D eigenvalue weighted by molar-refractivity contribution is 7.93. The van der Waals surface area contributed by atoms with E-state index in [1.165, 1.54) is 42.9 Å². The summed E-state index contributed by atoms with van der Waals surface area (Å²) in [6, 6.07) is 9.01. The number of hydroxylamine groups is 1. The molecule has 2 N–H and O–H groups in total. The average molecular weight is 388 g/mol. The van der Waals surface area contributed by atoms with Gasteiger partial charge in [0.15, 0.2) is 14.6 Å². The van der Waals surface area contributed by atoms with E-state index in [1.54, 1.807) is 25.3 Å². The van der Waals surface area contributed by atoms with Gasteiger partial charge in [0, 0.05) is 18.8 Å². The number of carbonyl (C=O) groups excluding carboxylic acids is 1. The van der Waals surface area contributed by atoms with Crippen LogP contribution in [-0.2, 0) is 21.1 Å². The van der Waals surface area contributed by atoms with E-state index in [0.717, 1.165) is 0 Å². The number of ether oxygens (including phenoxy) is 1. The zero-order valence-electron chi connectivity index (χ0n) is 15.0. The van der Waals surface area contributed by atoms with Crippen LogP contribution in [0.15, 0.2) is 53.7 Å². The summed E-state index contributed by atoms with van der Waals surface area (Å²) in [4.78, 5) is 16.2. The monoisotopic (exact) mass is 388 g/mol. The van der Waals surface area contributed by atoms with E-state index in [1.807, 2.05) is 0 Å². The molecule has 0 bridgehead atoms. The minimum absolute atomic E-state index is 0.0635. The summed E-state index contributed by atoms with van der Waals surface area (Å²) in [6.07, 6.45) is 2.87. The molecule has 27 heavy (non-hydrogen) atoms. The Labute approximate surface area is 158 Å². The van der Waals surface area contributed by atoms with E-state index in [2.05, 4.69) is 16.8 Å². The van der Waals surface area contributed by atoms with Gasteiger partial charge in [-0.2, -0.15) is 0 Å². The summed E-state index contributed by atoms with van der Waals surface area (Å²) in [6.45, 7) is 3.14. The Kier molecular flexibility index (Phi) is 6.55. The molecular weight excluding hydrogens is 368 g/mol. The van der Waals surface area contributed by atoms with Crippen molar-refractivity contribution in [3.63, 3.8) is 0 Å². The Balaban J connectivity index is 2.38. The van der Waals surface area contributed by atoms with E-state index in [0.29, 0.717) is 11.3 Å². The van der Waals surface area contributed by atoms with Crippen LogP contribution < -0.4 is 10.2 Å². The van der Waals surface area contributed by atoms with Crippen molar-refractivity contribution in [1.82, 2.24) is 10.5 Å². The van der Waals surface area contributed by atoms with Crippen molar-refractivity contribution in [2.75, 3.05) is 6.61 Å². The third-order valence-corrected chi connectivity index (χ3v) is 6.47. The minimum atomic E-state index is -4.14. The Morgan fingerprint density at radius 1 is 1.30 bits per heavy atom. The quantitative estimate of drug-likeness (QED) is 0.425. The molecule has 2 rings (SSSR count). The second-order valence-electron chi connectivity index (χ2n) is 5.90. The van der Waals surface area contributed by atoms with Crippen molar-refractivity contribution in [3.05, 3.63) is 54.4 Å². The highest BCUT2D eigenvalue weighted by atomic mass is 32.2. The first-order valence-corrected chi connectivity index (χ1v) is 9.54. The summed E-state index contributed by atoms with van der Waals surface area (Å²) in [5.74, 6) is 4.86. The predicted molar refractivity (Wildman–Crippen MR) is 98.8 cm³/mol. The standard InChI is InChI=1S/C19H20N2O5S/c1-3-4-12-26-16-7-9-17(10-8-16)27(24,25)19(2,18(22)21-23)13-15-6-5-11-20-14-15/h5-11,14,23H,12-13H2,1-2H3,(H,21,22). The van der Waals surface area contributed by atoms with Gasteiger partial charge in [-0.05, 0) is 49.7 Å². The number of pyridine rings is 1. The molecule has 0 aliphatic carbocycles. The molecule has 2 aromatic rings. The SMILES string of the molecule is CC#CCOc1ccc(S(=O)(=O)C(C)(Cc2cccnc2)C(=O)NO)cc1. The number of rotatable bonds is 7. The number of benzene rings is 1. The summed E-state index contributed by atoms with van der Waals surface area (Å²) < 4.78 is 29.8. The maximum absolute atomic E-state index is 13.2. The smallest absolute Gasteiger partial charge is 0.265 e. The molecule has 0 aliphatic heterocycles. The lowest BCUT2D eigenvalue weighted by Gasteiger charge is -2.27. The molecule has 0 radical (unpaired) electrons. The van der Waals surface area contributed by atoms with Crippen molar-refractivity contribution < 1.29 is 23.2 Å². The number of carbonyl (C=O) groups is 1. The average Bonchev–Trinajstić information content (AvgIpc) is 2.68. The molecule has 0 fully saturated rings. The summed E-state index contributed by atoms with van der Waals surface area (Å²) in [5, 5.41) is 9.11. The molecule has 1 atom stereocenters. The zero-order chi connectivity index (χ0) is 19.9. The molecule has 142 valence electrons. The second kappa shape index (κ2) is 8.66. The van der Waals surface area contributed by atoms with Gasteiger partial charge < -0.3 is 4.74 Å². The molecule has 0 saturated heterocycles. The lowest BCUT2D eigenvalue weighted by Crippen LogP contribution is -2.51. The maximum atomic E-state index is 13.2. The summed E-state index contributed by atoms with van der Waals surface area (Å²) in [5.41, 5.74) is 2.02. The largest absolute Gasteiger partial charge is 0.481 e. The van der Waals surface area contributed by atoms with E-state index in [4.69, 9.17) is 9.94 Å². The number of aromatic nitrogens is 1. The number of amides is 1. The van der Waals surface area contributed by atoms with Crippen molar-refractivity contribution in [3.8, 4) is 17.6 Å². The fraction of sp³-hybridized carbons (Fsp3) is 0.263. The Bertz CT molecular complexity index is 947. The van der Waals surface area contributed by atoms with Crippen molar-refractivity contribution in [2.45, 2.75) is 29.9 Å². The molecule has 7 nitrogen and oxygen atoms in total. The summed E-state index contributed by atoms with van der Waals surface area (Å²) in [7, 11) is -4.14. The Morgan fingerprint density at radius 2 is 2.00 bits per heavy atom. The minimum Gasteiger partial charge on any atom is -0.481 e. The topological polar surface area (TPSA) is 106 Å². The lowest BCUT2D eigenvalue weighted by atomic mass is 10.0. The van der Waals surface area contributed by atoms with Gasteiger partial charge in [-0.3, -0.25) is 15.0 Å². The first-order chi connectivity index (χ1) is 12.8. The molecule has 0 saturated carbocycles. The van der Waals surface area contributed by atoms with Crippen molar-refractivity contribution in [2.24, 2.45) is 0 Å². The van der Waals surface area contributed by atoms with Gasteiger partial charge in [-0.1, -0.05) is 12.0 Å². The van der Waals surface area contributed by atoms with E-state index < -0.39 is 20.5 Å². The van der Waals surface area contributed by atoms with E-state index in [-0.39, 0.29) is 17.9 Å². The fourth-order valence-corrected chi connectivity index (χ4v) is 4.14. The van der Waals surface area contributed by atoms with Crippen LogP contribution in [-0.4, -0.2) is 35.9 Å². The van der Waals surface area contributed by atoms with Crippen LogP contribution in [0.3, 0.4) is 0 Å². The van der Waals surface area contributed by atoms with Crippen LogP contribution in [0.25, 0.3) is 0 Å². The van der Waals surface area contributed by atoms with Gasteiger partial charge >= 0.3 is 0 Å². The van der Waals surface area contributed by atoms with Gasteiger partial charge in [0.2, 0.25) is 0 Å². The molecule has 8 heteroatoms. The van der Waals surface area contributed by atoms with Crippen LogP contribution in [0.4, 0.5) is 0 Å². The van der Waals surface area contributed by atoms with E-state index >= 15 is 0 Å². The Hall–Kier alpha value is -2.89. The molecule has 1 heterocycles. The predicted octanol–water partition coefficient (Wildman–Crippen LogP) is 1.76. The molecule has 0 spiro atoms. The van der Waals surface area contributed by atoms with Gasteiger partial charge in [0.25, 0.3) is 5.91 Å². The first kappa shape index (κ1) is 20.4. The van der Waals surface area contributed by atoms with Gasteiger partial charge in [-0.25, -0.2) is 13.9 Å². The second-order valence-corrected chi connectivity index (χ2v) is 8.28. The molecule has 1 aromatic carbocycles. The van der Waals surface area contributed by atoms with Gasteiger partial charge in [-0.15, -0.1) is 5.92 Å². The molecular formula is C19H20N2O5S. The number of hydrogen-bond acceptors (Lipinski definition) is 6. The number of sulfone groups is 1. The fourth-order valence-electron chi connectivity index (χ4n) is 2.47. The highest BCUT2D eigenvalue weighted by Gasteiger charge is 2.47. The van der Waals surface area contributed by atoms with Crippen LogP contribution in [0, 0.1) is 11.8 Å². The van der Waals surface area contributed by atoms with Crippen LogP contribution in [0.2, 0.25) is 0 Å². The van der Waals surface area contributed by atoms with Gasteiger partial charge in [0.05, 0.1) is 4.90 Å². The number of nitrogens with one attached hydrogen (secondary N) is 1. The Morgan fingerprint density at radius 3 is 2.56 bits per heavy atom. The lowest BCUT2D eigenvalue weighted by molar-refractivity contribution is -0.131. The first-order valence-electron chi connectivity index (χ1n) is 8.05. The molecule has 1 amide bonds. The normalized spacial score (nSPS) is 13.0. The maximum Gasteiger partial charge on any atom is 0.265 e. The molecule has 0 aliphatic rings. The van der Waals surface area contributed by atoms with E-state index in [9.17, 15) is 13.2 Å². The van der Waals surface area contributed by atoms with Gasteiger partial charge in [0.1, 0.15) is 12.4 Å². The zero-order valence-corrected chi connectivity index (χ0v) is 15.8. The molecule has 1 unspecified atom stereocenters.